The van der Waals surface area contributed by atoms with Crippen molar-refractivity contribution >= 4 is 11.0 Å². The fraction of sp³-hybridized carbons (Fsp3) is 0. The van der Waals surface area contributed by atoms with Crippen molar-refractivity contribution in [2.24, 2.45) is 0 Å². The van der Waals surface area contributed by atoms with E-state index in [4.69, 9.17) is 0 Å². The summed E-state index contributed by atoms with van der Waals surface area (Å²) in [5, 5.41) is 16.8. The van der Waals surface area contributed by atoms with Crippen LogP contribution in [0.1, 0.15) is 0 Å². The molecule has 0 saturated heterocycles. The third-order valence-corrected chi connectivity index (χ3v) is 2.29. The second kappa shape index (κ2) is 3.27. The molecule has 3 aromatic rings. The molecular formula is C10H7N5O. The first-order valence-corrected chi connectivity index (χ1v) is 4.69. The van der Waals surface area contributed by atoms with Crippen LogP contribution >= 0.6 is 0 Å². The summed E-state index contributed by atoms with van der Waals surface area (Å²) < 4.78 is 0. The van der Waals surface area contributed by atoms with Gasteiger partial charge in [-0.25, -0.2) is 5.10 Å². The highest BCUT2D eigenvalue weighted by Crippen LogP contribution is 2.19. The first-order chi connectivity index (χ1) is 7.83. The number of nitrogens with one attached hydrogen (secondary N) is 2. The molecule has 2 N–H and O–H groups in total. The van der Waals surface area contributed by atoms with Gasteiger partial charge in [0.25, 0.3) is 5.56 Å². The van der Waals surface area contributed by atoms with Crippen LogP contribution in [-0.2, 0) is 0 Å². The minimum atomic E-state index is -0.216. The molecule has 78 valence electrons. The molecule has 0 atom stereocenters. The summed E-state index contributed by atoms with van der Waals surface area (Å²) in [5.74, 6) is 0. The zero-order valence-electron chi connectivity index (χ0n) is 8.14. The van der Waals surface area contributed by atoms with E-state index in [-0.39, 0.29) is 5.56 Å². The molecule has 2 aromatic heterocycles. The topological polar surface area (TPSA) is 87.3 Å². The summed E-state index contributed by atoms with van der Waals surface area (Å²) in [7, 11) is 0. The minimum absolute atomic E-state index is 0.216. The summed E-state index contributed by atoms with van der Waals surface area (Å²) in [6.07, 6.45) is 0. The van der Waals surface area contributed by atoms with E-state index < -0.39 is 0 Å². The van der Waals surface area contributed by atoms with Crippen LogP contribution < -0.4 is 5.56 Å². The summed E-state index contributed by atoms with van der Waals surface area (Å²) in [5.41, 5.74) is 2.94. The summed E-state index contributed by atoms with van der Waals surface area (Å²) in [6, 6.07) is 8.70. The Balaban J connectivity index is 2.17. The predicted molar refractivity (Wildman–Crippen MR) is 57.7 cm³/mol. The Morgan fingerprint density at radius 3 is 2.62 bits per heavy atom. The maximum atomic E-state index is 10.9. The summed E-state index contributed by atoms with van der Waals surface area (Å²) >= 11 is 0. The molecule has 0 saturated carbocycles. The highest BCUT2D eigenvalue weighted by molar-refractivity contribution is 5.79. The van der Waals surface area contributed by atoms with Gasteiger partial charge < -0.3 is 0 Å². The van der Waals surface area contributed by atoms with Crippen LogP contribution in [-0.4, -0.2) is 25.6 Å². The molecule has 16 heavy (non-hydrogen) atoms. The third kappa shape index (κ3) is 1.36. The lowest BCUT2D eigenvalue weighted by atomic mass is 10.1. The van der Waals surface area contributed by atoms with E-state index in [1.54, 1.807) is 6.07 Å². The van der Waals surface area contributed by atoms with E-state index in [2.05, 4.69) is 25.6 Å². The summed E-state index contributed by atoms with van der Waals surface area (Å²) in [6.45, 7) is 0. The van der Waals surface area contributed by atoms with E-state index in [1.165, 1.54) is 6.07 Å². The van der Waals surface area contributed by atoms with Crippen LogP contribution in [0, 0.1) is 0 Å². The van der Waals surface area contributed by atoms with Crippen molar-refractivity contribution in [2.45, 2.75) is 0 Å². The van der Waals surface area contributed by atoms with Gasteiger partial charge in [0.15, 0.2) is 0 Å². The molecule has 1 aromatic carbocycles. The monoisotopic (exact) mass is 213 g/mol. The number of H-pyrrole nitrogens is 2. The number of benzene rings is 1. The Morgan fingerprint density at radius 2 is 1.81 bits per heavy atom. The maximum absolute atomic E-state index is 10.9. The zero-order valence-corrected chi connectivity index (χ0v) is 8.14. The van der Waals surface area contributed by atoms with Gasteiger partial charge in [-0.3, -0.25) is 4.79 Å². The normalized spacial score (nSPS) is 10.8. The minimum Gasteiger partial charge on any atom is -0.268 e. The van der Waals surface area contributed by atoms with Crippen LogP contribution in [0.2, 0.25) is 0 Å². The van der Waals surface area contributed by atoms with Gasteiger partial charge in [-0.05, 0) is 18.2 Å². The maximum Gasteiger partial charge on any atom is 0.264 e. The summed E-state index contributed by atoms with van der Waals surface area (Å²) in [4.78, 5) is 10.9. The molecule has 0 amide bonds. The first-order valence-electron chi connectivity index (χ1n) is 4.69. The van der Waals surface area contributed by atoms with Gasteiger partial charge in [0, 0.05) is 11.6 Å². The lowest BCUT2D eigenvalue weighted by Gasteiger charge is -1.98. The average Bonchev–Trinajstić information content (AvgIpc) is 2.77. The molecule has 2 heterocycles. The SMILES string of the molecule is O=c1ccc(-c2ccc3n[nH]nc3c2)n[nH]1. The van der Waals surface area contributed by atoms with Crippen molar-refractivity contribution in [2.75, 3.05) is 0 Å². The molecule has 0 radical (unpaired) electrons. The van der Waals surface area contributed by atoms with E-state index in [0.717, 1.165) is 16.6 Å². The van der Waals surface area contributed by atoms with E-state index in [9.17, 15) is 4.79 Å². The molecule has 6 nitrogen and oxygen atoms in total. The molecule has 0 fully saturated rings. The number of aromatic amines is 2. The third-order valence-electron chi connectivity index (χ3n) is 2.29. The molecule has 0 aliphatic rings. The molecule has 0 unspecified atom stereocenters. The van der Waals surface area contributed by atoms with Gasteiger partial charge in [0.2, 0.25) is 0 Å². The Morgan fingerprint density at radius 1 is 0.938 bits per heavy atom. The highest BCUT2D eigenvalue weighted by atomic mass is 16.1. The standard InChI is InChI=1S/C10H7N5O/c16-10-4-3-7(11-14-10)6-1-2-8-9(5-6)13-15-12-8/h1-5H,(H,14,16)(H,12,13,15). The van der Waals surface area contributed by atoms with E-state index in [1.807, 2.05) is 18.2 Å². The molecule has 6 heteroatoms. The average molecular weight is 213 g/mol. The van der Waals surface area contributed by atoms with Crippen LogP contribution in [0.4, 0.5) is 0 Å². The number of fused-ring (bicyclic) bond motifs is 1. The molecule has 3 rings (SSSR count). The second-order valence-electron chi connectivity index (χ2n) is 3.33. The Bertz CT molecular complexity index is 679. The van der Waals surface area contributed by atoms with Crippen LogP contribution in [0.15, 0.2) is 35.1 Å². The van der Waals surface area contributed by atoms with Gasteiger partial charge >= 0.3 is 0 Å². The number of hydrogen-bond acceptors (Lipinski definition) is 4. The number of aromatic nitrogens is 5. The zero-order chi connectivity index (χ0) is 11.0. The van der Waals surface area contributed by atoms with E-state index in [0.29, 0.717) is 5.69 Å². The van der Waals surface area contributed by atoms with Crippen molar-refractivity contribution in [3.05, 3.63) is 40.7 Å². The quantitative estimate of drug-likeness (QED) is 0.623. The van der Waals surface area contributed by atoms with Crippen molar-refractivity contribution in [3.63, 3.8) is 0 Å². The second-order valence-corrected chi connectivity index (χ2v) is 3.33. The van der Waals surface area contributed by atoms with Gasteiger partial charge in [-0.2, -0.15) is 20.5 Å². The van der Waals surface area contributed by atoms with Crippen molar-refractivity contribution in [3.8, 4) is 11.3 Å². The molecule has 0 aliphatic heterocycles. The first kappa shape index (κ1) is 8.78. The Kier molecular flexibility index (Phi) is 1.79. The van der Waals surface area contributed by atoms with E-state index >= 15 is 0 Å². The molecular weight excluding hydrogens is 206 g/mol. The predicted octanol–water partition coefficient (Wildman–Crippen LogP) is 0.708. The van der Waals surface area contributed by atoms with Gasteiger partial charge in [0.1, 0.15) is 11.0 Å². The number of hydrogen-bond donors (Lipinski definition) is 2. The molecule has 0 aliphatic carbocycles. The highest BCUT2D eigenvalue weighted by Gasteiger charge is 2.03. The fourth-order valence-corrected chi connectivity index (χ4v) is 1.50. The fourth-order valence-electron chi connectivity index (χ4n) is 1.50. The Hall–Kier alpha value is -2.50. The Labute approximate surface area is 89.3 Å². The lowest BCUT2D eigenvalue weighted by molar-refractivity contribution is 0.959. The van der Waals surface area contributed by atoms with Crippen molar-refractivity contribution in [1.29, 1.82) is 0 Å². The number of rotatable bonds is 1. The van der Waals surface area contributed by atoms with Crippen LogP contribution in [0.3, 0.4) is 0 Å². The number of nitrogens with zero attached hydrogens (tertiary/aromatic N) is 3. The van der Waals surface area contributed by atoms with Gasteiger partial charge in [-0.1, -0.05) is 6.07 Å². The molecule has 0 spiro atoms. The van der Waals surface area contributed by atoms with Gasteiger partial charge in [-0.15, -0.1) is 0 Å². The van der Waals surface area contributed by atoms with Crippen molar-refractivity contribution < 1.29 is 0 Å². The lowest BCUT2D eigenvalue weighted by Crippen LogP contribution is -2.05. The van der Waals surface area contributed by atoms with Crippen LogP contribution in [0.25, 0.3) is 22.3 Å². The smallest absolute Gasteiger partial charge is 0.264 e. The molecule has 0 bridgehead atoms. The van der Waals surface area contributed by atoms with Crippen molar-refractivity contribution in [1.82, 2.24) is 25.6 Å². The van der Waals surface area contributed by atoms with Crippen LogP contribution in [0.5, 0.6) is 0 Å². The van der Waals surface area contributed by atoms with Gasteiger partial charge in [0.05, 0.1) is 5.69 Å². The largest absolute Gasteiger partial charge is 0.268 e.